The van der Waals surface area contributed by atoms with Crippen molar-refractivity contribution in [3.8, 4) is 0 Å². The Balaban J connectivity index is 2.31. The second kappa shape index (κ2) is 4.88. The minimum Gasteiger partial charge on any atom is -0.394 e. The Labute approximate surface area is 88.1 Å². The molecule has 0 fully saturated rings. The molecule has 0 radical (unpaired) electrons. The normalized spacial score (nSPS) is 11.4. The molecule has 0 unspecified atom stereocenters. The Bertz CT molecular complexity index is 308. The van der Waals surface area contributed by atoms with Crippen LogP contribution < -0.4 is 5.32 Å². The van der Waals surface area contributed by atoms with Crippen molar-refractivity contribution in [3.63, 3.8) is 0 Å². The van der Waals surface area contributed by atoms with E-state index in [1.165, 1.54) is 6.33 Å². The Morgan fingerprint density at radius 3 is 2.93 bits per heavy atom. The van der Waals surface area contributed by atoms with Gasteiger partial charge >= 0.3 is 0 Å². The highest BCUT2D eigenvalue weighted by molar-refractivity contribution is 5.76. The van der Waals surface area contributed by atoms with Crippen molar-refractivity contribution in [2.45, 2.75) is 32.2 Å². The first-order valence-corrected chi connectivity index (χ1v) is 4.79. The number of nitrogens with one attached hydrogen (secondary N) is 2. The van der Waals surface area contributed by atoms with Crippen molar-refractivity contribution in [2.75, 3.05) is 6.61 Å². The summed E-state index contributed by atoms with van der Waals surface area (Å²) in [5, 5.41) is 18.0. The summed E-state index contributed by atoms with van der Waals surface area (Å²) in [5.74, 6) is 0.581. The van der Waals surface area contributed by atoms with Gasteiger partial charge in [0.05, 0.1) is 12.1 Å². The summed E-state index contributed by atoms with van der Waals surface area (Å²) < 4.78 is 0. The van der Waals surface area contributed by atoms with Gasteiger partial charge in [-0.1, -0.05) is 0 Å². The highest BCUT2D eigenvalue weighted by atomic mass is 16.3. The van der Waals surface area contributed by atoms with Gasteiger partial charge in [-0.2, -0.15) is 5.10 Å². The number of rotatable bonds is 5. The number of nitrogens with zero attached hydrogens (tertiary/aromatic N) is 2. The van der Waals surface area contributed by atoms with Crippen LogP contribution in [0.25, 0.3) is 0 Å². The molecule has 0 saturated carbocycles. The molecule has 6 heteroatoms. The van der Waals surface area contributed by atoms with Gasteiger partial charge in [0.25, 0.3) is 0 Å². The number of hydrogen-bond donors (Lipinski definition) is 3. The van der Waals surface area contributed by atoms with Gasteiger partial charge in [0.1, 0.15) is 12.2 Å². The first kappa shape index (κ1) is 11.6. The summed E-state index contributed by atoms with van der Waals surface area (Å²) in [6.45, 7) is 3.44. The van der Waals surface area contributed by atoms with Gasteiger partial charge < -0.3 is 10.4 Å². The lowest BCUT2D eigenvalue weighted by molar-refractivity contribution is -0.123. The van der Waals surface area contributed by atoms with Crippen molar-refractivity contribution in [2.24, 2.45) is 0 Å². The lowest BCUT2D eigenvalue weighted by Crippen LogP contribution is -2.46. The van der Waals surface area contributed by atoms with E-state index in [2.05, 4.69) is 20.5 Å². The van der Waals surface area contributed by atoms with Crippen LogP contribution in [0.4, 0.5) is 0 Å². The van der Waals surface area contributed by atoms with E-state index in [0.29, 0.717) is 18.7 Å². The summed E-state index contributed by atoms with van der Waals surface area (Å²) >= 11 is 0. The monoisotopic (exact) mass is 212 g/mol. The van der Waals surface area contributed by atoms with Crippen LogP contribution >= 0.6 is 0 Å². The molecule has 1 rings (SSSR count). The molecule has 0 aromatic carbocycles. The van der Waals surface area contributed by atoms with Crippen LogP contribution in [-0.2, 0) is 11.2 Å². The number of amides is 1. The molecule has 1 aromatic heterocycles. The molecule has 0 saturated heterocycles. The van der Waals surface area contributed by atoms with E-state index in [4.69, 9.17) is 5.11 Å². The van der Waals surface area contributed by atoms with Crippen LogP contribution in [-0.4, -0.2) is 38.3 Å². The Hall–Kier alpha value is -1.43. The van der Waals surface area contributed by atoms with Gasteiger partial charge in [-0.3, -0.25) is 9.89 Å². The molecule has 3 N–H and O–H groups in total. The van der Waals surface area contributed by atoms with E-state index in [1.54, 1.807) is 13.8 Å². The number of aliphatic hydroxyl groups excluding tert-OH is 1. The molecule has 0 aliphatic rings. The number of carbonyl (C=O) groups is 1. The zero-order valence-corrected chi connectivity index (χ0v) is 8.95. The molecule has 1 amide bonds. The Morgan fingerprint density at radius 1 is 1.67 bits per heavy atom. The topological polar surface area (TPSA) is 90.9 Å². The van der Waals surface area contributed by atoms with Crippen molar-refractivity contribution < 1.29 is 9.90 Å². The average Bonchev–Trinajstić information content (AvgIpc) is 2.66. The van der Waals surface area contributed by atoms with Crippen molar-refractivity contribution in [1.29, 1.82) is 0 Å². The van der Waals surface area contributed by atoms with Crippen LogP contribution in [0.15, 0.2) is 6.33 Å². The highest BCUT2D eigenvalue weighted by Gasteiger charge is 2.18. The molecule has 1 heterocycles. The lowest BCUT2D eigenvalue weighted by Gasteiger charge is -2.23. The highest BCUT2D eigenvalue weighted by Crippen LogP contribution is 2.01. The minimum atomic E-state index is -0.571. The van der Waals surface area contributed by atoms with Gasteiger partial charge in [0.15, 0.2) is 0 Å². The summed E-state index contributed by atoms with van der Waals surface area (Å²) in [4.78, 5) is 15.3. The largest absolute Gasteiger partial charge is 0.394 e. The minimum absolute atomic E-state index is 0.0823. The number of aliphatic hydroxyl groups is 1. The molecule has 0 atom stereocenters. The third-order valence-corrected chi connectivity index (χ3v) is 1.93. The van der Waals surface area contributed by atoms with Crippen molar-refractivity contribution in [1.82, 2.24) is 20.5 Å². The predicted molar refractivity (Wildman–Crippen MR) is 54.0 cm³/mol. The van der Waals surface area contributed by atoms with Crippen LogP contribution in [0.5, 0.6) is 0 Å². The average molecular weight is 212 g/mol. The van der Waals surface area contributed by atoms with Gasteiger partial charge in [0.2, 0.25) is 5.91 Å². The van der Waals surface area contributed by atoms with Crippen LogP contribution in [0.3, 0.4) is 0 Å². The zero-order chi connectivity index (χ0) is 11.3. The van der Waals surface area contributed by atoms with Gasteiger partial charge in [-0.25, -0.2) is 4.98 Å². The van der Waals surface area contributed by atoms with Crippen LogP contribution in [0.2, 0.25) is 0 Å². The van der Waals surface area contributed by atoms with Gasteiger partial charge in [-0.05, 0) is 13.8 Å². The molecular formula is C9H16N4O2. The third-order valence-electron chi connectivity index (χ3n) is 1.93. The fourth-order valence-electron chi connectivity index (χ4n) is 1.06. The summed E-state index contributed by atoms with van der Waals surface area (Å²) in [6.07, 6.45) is 2.26. The number of aryl methyl sites for hydroxylation is 1. The number of aromatic nitrogens is 3. The molecule has 0 aliphatic heterocycles. The fourth-order valence-corrected chi connectivity index (χ4v) is 1.06. The van der Waals surface area contributed by atoms with Gasteiger partial charge in [-0.15, -0.1) is 0 Å². The number of hydrogen-bond acceptors (Lipinski definition) is 4. The smallest absolute Gasteiger partial charge is 0.220 e. The number of H-pyrrole nitrogens is 1. The van der Waals surface area contributed by atoms with E-state index < -0.39 is 5.54 Å². The van der Waals surface area contributed by atoms with E-state index in [0.717, 1.165) is 0 Å². The maximum Gasteiger partial charge on any atom is 0.220 e. The number of aromatic amines is 1. The molecule has 6 nitrogen and oxygen atoms in total. The number of carbonyl (C=O) groups excluding carboxylic acids is 1. The lowest BCUT2D eigenvalue weighted by atomic mass is 10.1. The second-order valence-electron chi connectivity index (χ2n) is 4.02. The first-order valence-electron chi connectivity index (χ1n) is 4.79. The van der Waals surface area contributed by atoms with E-state index in [9.17, 15) is 4.79 Å². The second-order valence-corrected chi connectivity index (χ2v) is 4.02. The molecular weight excluding hydrogens is 196 g/mol. The van der Waals surface area contributed by atoms with Gasteiger partial charge in [0, 0.05) is 12.8 Å². The molecule has 0 spiro atoms. The molecule has 15 heavy (non-hydrogen) atoms. The third kappa shape index (κ3) is 4.07. The quantitative estimate of drug-likeness (QED) is 0.620. The summed E-state index contributed by atoms with van der Waals surface area (Å²) in [7, 11) is 0. The van der Waals surface area contributed by atoms with Crippen molar-refractivity contribution in [3.05, 3.63) is 12.2 Å². The molecule has 0 aliphatic carbocycles. The first-order chi connectivity index (χ1) is 7.03. The predicted octanol–water partition coefficient (Wildman–Crippen LogP) is -0.376. The van der Waals surface area contributed by atoms with Crippen LogP contribution in [0, 0.1) is 0 Å². The maximum absolute atomic E-state index is 11.4. The molecule has 84 valence electrons. The van der Waals surface area contributed by atoms with E-state index in [1.807, 2.05) is 0 Å². The maximum atomic E-state index is 11.4. The van der Waals surface area contributed by atoms with Crippen LogP contribution in [0.1, 0.15) is 26.1 Å². The summed E-state index contributed by atoms with van der Waals surface area (Å²) in [6, 6.07) is 0. The zero-order valence-electron chi connectivity index (χ0n) is 8.95. The Kier molecular flexibility index (Phi) is 3.79. The molecule has 1 aromatic rings. The fraction of sp³-hybridized carbons (Fsp3) is 0.667. The molecule has 0 bridgehead atoms. The summed E-state index contributed by atoms with van der Waals surface area (Å²) in [5.41, 5.74) is -0.571. The van der Waals surface area contributed by atoms with E-state index in [-0.39, 0.29) is 12.5 Å². The van der Waals surface area contributed by atoms with Crippen molar-refractivity contribution >= 4 is 5.91 Å². The Morgan fingerprint density at radius 2 is 2.40 bits per heavy atom. The standard InChI is InChI=1S/C9H16N4O2/c1-9(2,5-14)12-8(15)4-3-7-10-6-11-13-7/h6,14H,3-5H2,1-2H3,(H,12,15)(H,10,11,13). The SMILES string of the molecule is CC(C)(CO)NC(=O)CCc1ncn[nH]1. The van der Waals surface area contributed by atoms with E-state index >= 15 is 0 Å².